The van der Waals surface area contributed by atoms with E-state index in [4.69, 9.17) is 24.7 Å². The fourth-order valence-corrected chi connectivity index (χ4v) is 3.64. The van der Waals surface area contributed by atoms with Gasteiger partial charge in [-0.05, 0) is 35.4 Å². The van der Waals surface area contributed by atoms with Crippen LogP contribution in [0, 0.1) is 0 Å². The van der Waals surface area contributed by atoms with Crippen LogP contribution < -0.4 is 24.7 Å². The number of methoxy groups -OCH3 is 2. The lowest BCUT2D eigenvalue weighted by Crippen LogP contribution is -2.27. The minimum Gasteiger partial charge on any atom is -0.493 e. The van der Waals surface area contributed by atoms with Crippen LogP contribution in [0.4, 0.5) is 0 Å². The van der Waals surface area contributed by atoms with E-state index < -0.39 is 5.91 Å². The molecule has 3 aromatic carbocycles. The maximum Gasteiger partial charge on any atom is 0.255 e. The highest BCUT2D eigenvalue weighted by Gasteiger charge is 2.22. The third-order valence-electron chi connectivity index (χ3n) is 5.27. The number of nitrogens with zero attached hydrogens (tertiary/aromatic N) is 1. The summed E-state index contributed by atoms with van der Waals surface area (Å²) in [6.45, 7) is 2.63. The van der Waals surface area contributed by atoms with Gasteiger partial charge in [-0.2, -0.15) is 0 Å². The number of benzene rings is 3. The molecule has 0 bridgehead atoms. The third-order valence-corrected chi connectivity index (χ3v) is 5.27. The Balaban J connectivity index is 1.94. The number of ether oxygens (including phenoxy) is 4. The minimum absolute atomic E-state index is 0.201. The summed E-state index contributed by atoms with van der Waals surface area (Å²) in [6, 6.07) is 15.1. The number of carbonyl (C=O) groups excluding carboxylic acids is 2. The summed E-state index contributed by atoms with van der Waals surface area (Å²) < 4.78 is 22.2. The van der Waals surface area contributed by atoms with E-state index in [2.05, 4.69) is 0 Å². The lowest BCUT2D eigenvalue weighted by atomic mass is 10.0. The first-order chi connectivity index (χ1) is 16.4. The van der Waals surface area contributed by atoms with Gasteiger partial charge in [0.15, 0.2) is 18.1 Å². The molecule has 0 aliphatic rings. The average Bonchev–Trinajstić information content (AvgIpc) is 2.85. The number of primary amides is 1. The smallest absolute Gasteiger partial charge is 0.255 e. The molecular formula is C26H30N2O6. The Morgan fingerprint density at radius 1 is 0.941 bits per heavy atom. The van der Waals surface area contributed by atoms with Crippen molar-refractivity contribution in [2.45, 2.75) is 19.9 Å². The summed E-state index contributed by atoms with van der Waals surface area (Å²) in [5.41, 5.74) is 6.46. The van der Waals surface area contributed by atoms with Gasteiger partial charge in [0.25, 0.3) is 11.8 Å². The molecule has 3 aromatic rings. The SMILES string of the molecule is CCCOc1ccc2ccccc2c1CN(C)C(=O)c1cc(OC)c(OCC(N)=O)c(OC)c1. The monoisotopic (exact) mass is 466 g/mol. The molecule has 2 N–H and O–H groups in total. The Hall–Kier alpha value is -3.94. The Morgan fingerprint density at radius 3 is 2.24 bits per heavy atom. The topological polar surface area (TPSA) is 100 Å². The highest BCUT2D eigenvalue weighted by atomic mass is 16.5. The van der Waals surface area contributed by atoms with Crippen LogP contribution in [0.2, 0.25) is 0 Å². The maximum atomic E-state index is 13.4. The molecule has 8 heteroatoms. The van der Waals surface area contributed by atoms with Crippen LogP contribution >= 0.6 is 0 Å². The van der Waals surface area contributed by atoms with Crippen LogP contribution in [-0.4, -0.2) is 51.2 Å². The molecule has 34 heavy (non-hydrogen) atoms. The molecule has 0 unspecified atom stereocenters. The van der Waals surface area contributed by atoms with E-state index >= 15 is 0 Å². The first-order valence-corrected chi connectivity index (χ1v) is 11.0. The van der Waals surface area contributed by atoms with Crippen molar-refractivity contribution in [1.29, 1.82) is 0 Å². The lowest BCUT2D eigenvalue weighted by molar-refractivity contribution is -0.120. The second-order valence-corrected chi connectivity index (χ2v) is 7.74. The lowest BCUT2D eigenvalue weighted by Gasteiger charge is -2.22. The molecular weight excluding hydrogens is 436 g/mol. The van der Waals surface area contributed by atoms with Crippen molar-refractivity contribution in [3.05, 3.63) is 59.7 Å². The van der Waals surface area contributed by atoms with E-state index in [1.54, 1.807) is 24.1 Å². The predicted octanol–water partition coefficient (Wildman–Crippen LogP) is 3.78. The normalized spacial score (nSPS) is 10.6. The molecule has 0 aliphatic heterocycles. The van der Waals surface area contributed by atoms with E-state index in [0.717, 1.165) is 28.5 Å². The molecule has 0 aliphatic carbocycles. The Morgan fingerprint density at radius 2 is 1.62 bits per heavy atom. The predicted molar refractivity (Wildman–Crippen MR) is 130 cm³/mol. The zero-order valence-corrected chi connectivity index (χ0v) is 19.9. The average molecular weight is 467 g/mol. The zero-order valence-electron chi connectivity index (χ0n) is 19.9. The second kappa shape index (κ2) is 11.3. The van der Waals surface area contributed by atoms with Gasteiger partial charge in [-0.25, -0.2) is 0 Å². The number of hydrogen-bond acceptors (Lipinski definition) is 6. The van der Waals surface area contributed by atoms with Crippen molar-refractivity contribution in [3.63, 3.8) is 0 Å². The molecule has 0 fully saturated rings. The van der Waals surface area contributed by atoms with Gasteiger partial charge in [0.1, 0.15) is 5.75 Å². The van der Waals surface area contributed by atoms with Crippen molar-refractivity contribution in [1.82, 2.24) is 4.90 Å². The summed E-state index contributed by atoms with van der Waals surface area (Å²) in [5, 5.41) is 2.10. The van der Waals surface area contributed by atoms with Crippen molar-refractivity contribution in [2.75, 3.05) is 34.5 Å². The first-order valence-electron chi connectivity index (χ1n) is 11.0. The molecule has 0 spiro atoms. The van der Waals surface area contributed by atoms with Crippen LogP contribution in [0.15, 0.2) is 48.5 Å². The number of amides is 2. The quantitative estimate of drug-likeness (QED) is 0.462. The number of carbonyl (C=O) groups is 2. The Bertz CT molecular complexity index is 1150. The number of fused-ring (bicyclic) bond motifs is 1. The molecule has 0 saturated heterocycles. The number of rotatable bonds is 11. The molecule has 3 rings (SSSR count). The van der Waals surface area contributed by atoms with Gasteiger partial charge in [0.2, 0.25) is 5.75 Å². The molecule has 8 nitrogen and oxygen atoms in total. The fourth-order valence-electron chi connectivity index (χ4n) is 3.64. The minimum atomic E-state index is -0.639. The van der Waals surface area contributed by atoms with Gasteiger partial charge in [0.05, 0.1) is 20.8 Å². The zero-order chi connectivity index (χ0) is 24.7. The van der Waals surface area contributed by atoms with Crippen molar-refractivity contribution < 1.29 is 28.5 Å². The van der Waals surface area contributed by atoms with Crippen LogP contribution in [0.3, 0.4) is 0 Å². The van der Waals surface area contributed by atoms with Crippen LogP contribution in [0.5, 0.6) is 23.0 Å². The molecule has 0 heterocycles. The highest BCUT2D eigenvalue weighted by molar-refractivity contribution is 5.96. The molecule has 2 amide bonds. The second-order valence-electron chi connectivity index (χ2n) is 7.74. The van der Waals surface area contributed by atoms with Crippen molar-refractivity contribution in [3.8, 4) is 23.0 Å². The van der Waals surface area contributed by atoms with Gasteiger partial charge >= 0.3 is 0 Å². The fraction of sp³-hybridized carbons (Fsp3) is 0.308. The number of nitrogens with two attached hydrogens (primary N) is 1. The van der Waals surface area contributed by atoms with Gasteiger partial charge in [-0.15, -0.1) is 0 Å². The van der Waals surface area contributed by atoms with Crippen LogP contribution in [0.1, 0.15) is 29.3 Å². The van der Waals surface area contributed by atoms with E-state index in [1.165, 1.54) is 14.2 Å². The molecule has 180 valence electrons. The summed E-state index contributed by atoms with van der Waals surface area (Å²) in [4.78, 5) is 26.1. The largest absolute Gasteiger partial charge is 0.493 e. The van der Waals surface area contributed by atoms with Crippen molar-refractivity contribution >= 4 is 22.6 Å². The summed E-state index contributed by atoms with van der Waals surface area (Å²) in [6.07, 6.45) is 0.880. The third kappa shape index (κ3) is 5.51. The maximum absolute atomic E-state index is 13.4. The van der Waals surface area contributed by atoms with E-state index in [9.17, 15) is 9.59 Å². The summed E-state index contributed by atoms with van der Waals surface area (Å²) in [5.74, 6) is 0.592. The summed E-state index contributed by atoms with van der Waals surface area (Å²) in [7, 11) is 4.61. The van der Waals surface area contributed by atoms with Crippen molar-refractivity contribution in [2.24, 2.45) is 5.73 Å². The standard InChI is InChI=1S/C26H30N2O6/c1-5-12-33-21-11-10-17-8-6-7-9-19(17)20(21)15-28(2)26(30)18-13-22(31-3)25(23(14-18)32-4)34-16-24(27)29/h6-11,13-14H,5,12,15-16H2,1-4H3,(H2,27,29). The van der Waals surface area contributed by atoms with E-state index in [1.807, 2.05) is 43.3 Å². The molecule has 0 radical (unpaired) electrons. The van der Waals surface area contributed by atoms with E-state index in [0.29, 0.717) is 18.7 Å². The summed E-state index contributed by atoms with van der Waals surface area (Å²) >= 11 is 0. The Kier molecular flexibility index (Phi) is 8.19. The van der Waals surface area contributed by atoms with E-state index in [-0.39, 0.29) is 29.8 Å². The van der Waals surface area contributed by atoms with Gasteiger partial charge < -0.3 is 29.6 Å². The Labute approximate surface area is 199 Å². The van der Waals surface area contributed by atoms with Gasteiger partial charge in [0, 0.05) is 24.7 Å². The molecule has 0 atom stereocenters. The van der Waals surface area contributed by atoms with Crippen LogP contribution in [-0.2, 0) is 11.3 Å². The van der Waals surface area contributed by atoms with Gasteiger partial charge in [-0.1, -0.05) is 37.3 Å². The molecule has 0 saturated carbocycles. The molecule has 0 aromatic heterocycles. The first kappa shape index (κ1) is 24.7. The van der Waals surface area contributed by atoms with Gasteiger partial charge in [-0.3, -0.25) is 9.59 Å². The highest BCUT2D eigenvalue weighted by Crippen LogP contribution is 2.39. The number of hydrogen-bond donors (Lipinski definition) is 1. The van der Waals surface area contributed by atoms with Crippen LogP contribution in [0.25, 0.3) is 10.8 Å².